The molecule has 17 heavy (non-hydrogen) atoms. The van der Waals surface area contributed by atoms with Crippen molar-refractivity contribution in [2.75, 3.05) is 25.5 Å². The fourth-order valence-corrected chi connectivity index (χ4v) is 1.96. The van der Waals surface area contributed by atoms with Crippen LogP contribution in [0.2, 0.25) is 0 Å². The number of likely N-dealkylation sites (N-methyl/N-ethyl adjacent to an activating group) is 1. The molecule has 0 aromatic heterocycles. The lowest BCUT2D eigenvalue weighted by Crippen LogP contribution is -2.25. The summed E-state index contributed by atoms with van der Waals surface area (Å²) in [5.41, 5.74) is -0.720. The molecule has 0 saturated carbocycles. The average molecular weight is 248 g/mol. The van der Waals surface area contributed by atoms with Crippen LogP contribution in [0, 0.1) is 23.3 Å². The lowest BCUT2D eigenvalue weighted by molar-refractivity contribution is 0.412. The van der Waals surface area contributed by atoms with Crippen molar-refractivity contribution in [2.24, 2.45) is 0 Å². The first-order chi connectivity index (χ1) is 7.99. The van der Waals surface area contributed by atoms with Gasteiger partial charge < -0.3 is 10.2 Å². The predicted molar refractivity (Wildman–Crippen MR) is 55.8 cm³/mol. The average Bonchev–Trinajstić information content (AvgIpc) is 2.68. The zero-order valence-electron chi connectivity index (χ0n) is 9.24. The molecule has 2 rings (SSSR count). The molecule has 1 aliphatic rings. The van der Waals surface area contributed by atoms with Gasteiger partial charge in [0.25, 0.3) is 0 Å². The van der Waals surface area contributed by atoms with Gasteiger partial charge in [-0.1, -0.05) is 0 Å². The minimum Gasteiger partial charge on any atom is -0.376 e. The van der Waals surface area contributed by atoms with E-state index in [0.29, 0.717) is 13.0 Å². The minimum atomic E-state index is -1.39. The maximum Gasteiger partial charge on any atom is 0.185 e. The third-order valence-corrected chi connectivity index (χ3v) is 2.85. The van der Waals surface area contributed by atoms with Gasteiger partial charge >= 0.3 is 0 Å². The van der Waals surface area contributed by atoms with Crippen LogP contribution in [0.3, 0.4) is 0 Å². The molecule has 1 N–H and O–H groups in total. The molecule has 0 amide bonds. The van der Waals surface area contributed by atoms with Gasteiger partial charge in [0.2, 0.25) is 0 Å². The Balaban J connectivity index is 2.26. The van der Waals surface area contributed by atoms with Gasteiger partial charge in [-0.15, -0.1) is 0 Å². The highest BCUT2D eigenvalue weighted by molar-refractivity contribution is 5.48. The number of nitrogens with one attached hydrogen (secondary N) is 1. The SMILES string of the molecule is CN1CCC(Nc2c(F)c(F)cc(F)c2F)C1. The number of rotatable bonds is 2. The molecule has 2 nitrogen and oxygen atoms in total. The van der Waals surface area contributed by atoms with E-state index < -0.39 is 29.0 Å². The molecule has 1 saturated heterocycles. The van der Waals surface area contributed by atoms with Gasteiger partial charge in [0.15, 0.2) is 23.3 Å². The molecule has 6 heteroatoms. The van der Waals surface area contributed by atoms with Gasteiger partial charge in [0, 0.05) is 18.7 Å². The second-order valence-electron chi connectivity index (χ2n) is 4.24. The number of hydrogen-bond donors (Lipinski definition) is 1. The summed E-state index contributed by atoms with van der Waals surface area (Å²) in [6.07, 6.45) is 0.674. The summed E-state index contributed by atoms with van der Waals surface area (Å²) in [6, 6.07) is 0.00146. The van der Waals surface area contributed by atoms with Crippen molar-refractivity contribution >= 4 is 5.69 Å². The molecule has 0 radical (unpaired) electrons. The van der Waals surface area contributed by atoms with Crippen molar-refractivity contribution in [3.05, 3.63) is 29.3 Å². The van der Waals surface area contributed by atoms with E-state index in [2.05, 4.69) is 5.32 Å². The Morgan fingerprint density at radius 3 is 2.24 bits per heavy atom. The van der Waals surface area contributed by atoms with Gasteiger partial charge in [0.05, 0.1) is 0 Å². The van der Waals surface area contributed by atoms with Gasteiger partial charge in [-0.25, -0.2) is 17.6 Å². The Bertz CT molecular complexity index is 410. The maximum atomic E-state index is 13.3. The summed E-state index contributed by atoms with van der Waals surface area (Å²) in [7, 11) is 1.86. The Morgan fingerprint density at radius 1 is 1.18 bits per heavy atom. The summed E-state index contributed by atoms with van der Waals surface area (Å²) in [4.78, 5) is 1.96. The number of nitrogens with zero attached hydrogens (tertiary/aromatic N) is 1. The Labute approximate surface area is 96.2 Å². The molecule has 0 bridgehead atoms. The third kappa shape index (κ3) is 2.36. The normalized spacial score (nSPS) is 20.9. The molecule has 1 fully saturated rings. The van der Waals surface area contributed by atoms with Crippen LogP contribution in [-0.4, -0.2) is 31.1 Å². The van der Waals surface area contributed by atoms with E-state index in [1.807, 2.05) is 11.9 Å². The highest BCUT2D eigenvalue weighted by Crippen LogP contribution is 2.26. The van der Waals surface area contributed by atoms with Crippen molar-refractivity contribution in [1.29, 1.82) is 0 Å². The molecule has 1 aliphatic heterocycles. The molecule has 1 heterocycles. The first-order valence-electron chi connectivity index (χ1n) is 5.27. The zero-order chi connectivity index (χ0) is 12.6. The largest absolute Gasteiger partial charge is 0.376 e. The van der Waals surface area contributed by atoms with Crippen LogP contribution in [0.1, 0.15) is 6.42 Å². The van der Waals surface area contributed by atoms with Gasteiger partial charge in [-0.3, -0.25) is 0 Å². The van der Waals surface area contributed by atoms with Crippen LogP contribution in [0.5, 0.6) is 0 Å². The molecular weight excluding hydrogens is 236 g/mol. The lowest BCUT2D eigenvalue weighted by Gasteiger charge is -2.16. The summed E-state index contributed by atoms with van der Waals surface area (Å²) >= 11 is 0. The molecule has 0 aliphatic carbocycles. The molecule has 1 atom stereocenters. The molecule has 1 unspecified atom stereocenters. The second-order valence-corrected chi connectivity index (χ2v) is 4.24. The van der Waals surface area contributed by atoms with Crippen molar-refractivity contribution < 1.29 is 17.6 Å². The van der Waals surface area contributed by atoms with Crippen LogP contribution < -0.4 is 5.32 Å². The second kappa shape index (κ2) is 4.52. The number of halogens is 4. The van der Waals surface area contributed by atoms with Crippen molar-refractivity contribution in [3.63, 3.8) is 0 Å². The third-order valence-electron chi connectivity index (χ3n) is 2.85. The van der Waals surface area contributed by atoms with Gasteiger partial charge in [-0.05, 0) is 20.0 Å². The Hall–Kier alpha value is -1.30. The fourth-order valence-electron chi connectivity index (χ4n) is 1.96. The van der Waals surface area contributed by atoms with Crippen molar-refractivity contribution in [2.45, 2.75) is 12.5 Å². The number of anilines is 1. The molecule has 0 spiro atoms. The summed E-state index contributed by atoms with van der Waals surface area (Å²) < 4.78 is 52.5. The molecule has 94 valence electrons. The highest BCUT2D eigenvalue weighted by atomic mass is 19.2. The number of benzene rings is 1. The van der Waals surface area contributed by atoms with E-state index in [4.69, 9.17) is 0 Å². The van der Waals surface area contributed by atoms with E-state index in [-0.39, 0.29) is 12.1 Å². The molecule has 1 aromatic rings. The van der Waals surface area contributed by atoms with Crippen LogP contribution in [0.15, 0.2) is 6.07 Å². The van der Waals surface area contributed by atoms with E-state index in [9.17, 15) is 17.6 Å². The van der Waals surface area contributed by atoms with E-state index in [1.165, 1.54) is 0 Å². The molecule has 1 aromatic carbocycles. The highest BCUT2D eigenvalue weighted by Gasteiger charge is 2.25. The monoisotopic (exact) mass is 248 g/mol. The Morgan fingerprint density at radius 2 is 1.76 bits per heavy atom. The number of likely N-dealkylation sites (tertiary alicyclic amines) is 1. The summed E-state index contributed by atoms with van der Waals surface area (Å²) in [5, 5.41) is 2.52. The molecular formula is C11H12F4N2. The van der Waals surface area contributed by atoms with Crippen molar-refractivity contribution in [3.8, 4) is 0 Å². The van der Waals surface area contributed by atoms with Gasteiger partial charge in [-0.2, -0.15) is 0 Å². The van der Waals surface area contributed by atoms with Crippen LogP contribution in [0.4, 0.5) is 23.2 Å². The summed E-state index contributed by atoms with van der Waals surface area (Å²) in [5.74, 6) is -5.53. The maximum absolute atomic E-state index is 13.3. The minimum absolute atomic E-state index is 0.204. The fraction of sp³-hybridized carbons (Fsp3) is 0.455. The van der Waals surface area contributed by atoms with Gasteiger partial charge in [0.1, 0.15) is 5.69 Å². The van der Waals surface area contributed by atoms with Crippen molar-refractivity contribution in [1.82, 2.24) is 4.90 Å². The van der Waals surface area contributed by atoms with E-state index in [1.54, 1.807) is 0 Å². The topological polar surface area (TPSA) is 15.3 Å². The first kappa shape index (κ1) is 12.2. The van der Waals surface area contributed by atoms with E-state index in [0.717, 1.165) is 6.54 Å². The predicted octanol–water partition coefficient (Wildman–Crippen LogP) is 2.36. The zero-order valence-corrected chi connectivity index (χ0v) is 9.24. The lowest BCUT2D eigenvalue weighted by atomic mass is 10.2. The first-order valence-corrected chi connectivity index (χ1v) is 5.27. The van der Waals surface area contributed by atoms with Crippen LogP contribution in [0.25, 0.3) is 0 Å². The summed E-state index contributed by atoms with van der Waals surface area (Å²) in [6.45, 7) is 1.36. The number of hydrogen-bond acceptors (Lipinski definition) is 2. The standard InChI is InChI=1S/C11H12F4N2/c1-17-3-2-6(5-17)16-11-9(14)7(12)4-8(13)10(11)15/h4,6,16H,2-3,5H2,1H3. The quantitative estimate of drug-likeness (QED) is 0.638. The van der Waals surface area contributed by atoms with Crippen LogP contribution >= 0.6 is 0 Å². The van der Waals surface area contributed by atoms with Crippen LogP contribution in [-0.2, 0) is 0 Å². The van der Waals surface area contributed by atoms with E-state index >= 15 is 0 Å². The smallest absolute Gasteiger partial charge is 0.185 e. The Kier molecular flexibility index (Phi) is 3.24.